The number of amides is 3. The lowest BCUT2D eigenvalue weighted by atomic mass is 10.1. The van der Waals surface area contributed by atoms with E-state index in [4.69, 9.17) is 20.4 Å². The van der Waals surface area contributed by atoms with Crippen LogP contribution in [-0.2, 0) is 4.74 Å². The average molecular weight is 531 g/mol. The van der Waals surface area contributed by atoms with Crippen molar-refractivity contribution >= 4 is 44.9 Å². The SMILES string of the molecule is CC(C)(C)NC(=O)c1sc2nc(-c3ccccc3)nc(-c3cccc(NC(=O)N4CCOCC4)c3)c2c1N. The lowest BCUT2D eigenvalue weighted by Gasteiger charge is -2.27. The van der Waals surface area contributed by atoms with Crippen LogP contribution >= 0.6 is 11.3 Å². The van der Waals surface area contributed by atoms with E-state index in [1.165, 1.54) is 11.3 Å². The predicted octanol–water partition coefficient (Wildman–Crippen LogP) is 5.00. The number of nitrogen functional groups attached to an aromatic ring is 1. The number of aromatic nitrogens is 2. The van der Waals surface area contributed by atoms with Crippen molar-refractivity contribution in [2.75, 3.05) is 37.4 Å². The molecule has 0 atom stereocenters. The quantitative estimate of drug-likeness (QED) is 0.341. The molecule has 38 heavy (non-hydrogen) atoms. The van der Waals surface area contributed by atoms with Crippen LogP contribution in [0.25, 0.3) is 32.9 Å². The summed E-state index contributed by atoms with van der Waals surface area (Å²) in [6.45, 7) is 7.90. The summed E-state index contributed by atoms with van der Waals surface area (Å²) >= 11 is 1.25. The molecule has 0 saturated carbocycles. The van der Waals surface area contributed by atoms with E-state index in [0.717, 1.165) is 11.1 Å². The minimum atomic E-state index is -0.420. The van der Waals surface area contributed by atoms with Gasteiger partial charge in [-0.1, -0.05) is 42.5 Å². The minimum Gasteiger partial charge on any atom is -0.397 e. The molecule has 3 heterocycles. The van der Waals surface area contributed by atoms with Crippen molar-refractivity contribution in [3.05, 3.63) is 59.5 Å². The molecule has 1 saturated heterocycles. The molecule has 2 aromatic carbocycles. The van der Waals surface area contributed by atoms with Gasteiger partial charge < -0.3 is 26.0 Å². The molecule has 9 nitrogen and oxygen atoms in total. The maximum Gasteiger partial charge on any atom is 0.321 e. The van der Waals surface area contributed by atoms with E-state index in [0.29, 0.717) is 64.3 Å². The van der Waals surface area contributed by atoms with Crippen molar-refractivity contribution in [1.82, 2.24) is 20.2 Å². The van der Waals surface area contributed by atoms with Gasteiger partial charge in [-0.2, -0.15) is 0 Å². The van der Waals surface area contributed by atoms with Gasteiger partial charge in [0, 0.05) is 35.4 Å². The molecule has 4 aromatic rings. The summed E-state index contributed by atoms with van der Waals surface area (Å²) in [5, 5.41) is 6.58. The Morgan fingerprint density at radius 3 is 2.42 bits per heavy atom. The molecule has 0 bridgehead atoms. The Morgan fingerprint density at radius 1 is 1.00 bits per heavy atom. The smallest absolute Gasteiger partial charge is 0.321 e. The fourth-order valence-electron chi connectivity index (χ4n) is 4.23. The average Bonchev–Trinajstić information content (AvgIpc) is 3.25. The van der Waals surface area contributed by atoms with Crippen LogP contribution in [0.3, 0.4) is 0 Å². The van der Waals surface area contributed by atoms with Crippen molar-refractivity contribution in [3.63, 3.8) is 0 Å². The second-order valence-corrected chi connectivity index (χ2v) is 11.1. The molecule has 0 spiro atoms. The van der Waals surface area contributed by atoms with Crippen LogP contribution in [-0.4, -0.2) is 58.6 Å². The van der Waals surface area contributed by atoms with Gasteiger partial charge in [0.2, 0.25) is 0 Å². The van der Waals surface area contributed by atoms with Gasteiger partial charge in [-0.05, 0) is 32.9 Å². The standard InChI is InChI=1S/C28H30N6O3S/c1-28(2,3)33-25(35)23-21(29)20-22(31-24(32-26(20)38-23)17-8-5-4-6-9-17)18-10-7-11-19(16-18)30-27(36)34-12-14-37-15-13-34/h4-11,16H,12-15,29H2,1-3H3,(H,30,36)(H,33,35). The first-order chi connectivity index (χ1) is 18.2. The van der Waals surface area contributed by atoms with E-state index in [9.17, 15) is 9.59 Å². The first-order valence-corrected chi connectivity index (χ1v) is 13.2. The number of fused-ring (bicyclic) bond motifs is 1. The molecule has 10 heteroatoms. The van der Waals surface area contributed by atoms with Gasteiger partial charge in [-0.3, -0.25) is 4.79 Å². The zero-order chi connectivity index (χ0) is 26.9. The highest BCUT2D eigenvalue weighted by Crippen LogP contribution is 2.40. The fourth-order valence-corrected chi connectivity index (χ4v) is 5.22. The highest BCUT2D eigenvalue weighted by Gasteiger charge is 2.25. The number of nitrogens with one attached hydrogen (secondary N) is 2. The molecule has 4 N–H and O–H groups in total. The van der Waals surface area contributed by atoms with E-state index in [2.05, 4.69) is 10.6 Å². The van der Waals surface area contributed by atoms with Crippen LogP contribution in [0.15, 0.2) is 54.6 Å². The molecule has 196 valence electrons. The molecule has 1 aliphatic heterocycles. The van der Waals surface area contributed by atoms with Gasteiger partial charge in [0.25, 0.3) is 5.91 Å². The molecule has 0 unspecified atom stereocenters. The number of nitrogens with zero attached hydrogens (tertiary/aromatic N) is 3. The normalized spacial score (nSPS) is 13.9. The molecular weight excluding hydrogens is 500 g/mol. The van der Waals surface area contributed by atoms with Crippen LogP contribution in [0, 0.1) is 0 Å². The third-order valence-corrected chi connectivity index (χ3v) is 7.10. The molecule has 1 fully saturated rings. The first kappa shape index (κ1) is 25.6. The number of carbonyl (C=O) groups is 2. The number of carbonyl (C=O) groups excluding carboxylic acids is 2. The molecule has 0 aliphatic carbocycles. The summed E-state index contributed by atoms with van der Waals surface area (Å²) in [7, 11) is 0. The van der Waals surface area contributed by atoms with E-state index < -0.39 is 5.54 Å². The topological polar surface area (TPSA) is 122 Å². The number of hydrogen-bond donors (Lipinski definition) is 3. The third-order valence-electron chi connectivity index (χ3n) is 6.00. The number of rotatable bonds is 4. The van der Waals surface area contributed by atoms with E-state index in [1.54, 1.807) is 4.90 Å². The Bertz CT molecular complexity index is 1490. The van der Waals surface area contributed by atoms with Crippen molar-refractivity contribution in [2.24, 2.45) is 0 Å². The zero-order valence-electron chi connectivity index (χ0n) is 21.6. The van der Waals surface area contributed by atoms with Gasteiger partial charge in [-0.15, -0.1) is 11.3 Å². The summed E-state index contributed by atoms with van der Waals surface area (Å²) in [5.74, 6) is 0.275. The second kappa shape index (κ2) is 10.4. The number of hydrogen-bond acceptors (Lipinski definition) is 7. The number of nitrogens with two attached hydrogens (primary N) is 1. The maximum atomic E-state index is 13.1. The lowest BCUT2D eigenvalue weighted by Crippen LogP contribution is -2.43. The molecule has 5 rings (SSSR count). The third kappa shape index (κ3) is 5.46. The molecule has 0 radical (unpaired) electrons. The number of thiophene rings is 1. The lowest BCUT2D eigenvalue weighted by molar-refractivity contribution is 0.0564. The van der Waals surface area contributed by atoms with Gasteiger partial charge in [0.05, 0.1) is 30.0 Å². The van der Waals surface area contributed by atoms with Crippen molar-refractivity contribution in [3.8, 4) is 22.6 Å². The zero-order valence-corrected chi connectivity index (χ0v) is 22.4. The summed E-state index contributed by atoms with van der Waals surface area (Å²) in [5.41, 5.74) is 9.33. The Kier molecular flexibility index (Phi) is 7.00. The van der Waals surface area contributed by atoms with Gasteiger partial charge in [0.15, 0.2) is 5.82 Å². The minimum absolute atomic E-state index is 0.181. The van der Waals surface area contributed by atoms with Crippen LogP contribution in [0.4, 0.5) is 16.2 Å². The summed E-state index contributed by atoms with van der Waals surface area (Å²) in [4.78, 5) is 38.3. The van der Waals surface area contributed by atoms with Crippen molar-refractivity contribution in [1.29, 1.82) is 0 Å². The van der Waals surface area contributed by atoms with Gasteiger partial charge in [0.1, 0.15) is 9.71 Å². The molecule has 3 amide bonds. The Hall–Kier alpha value is -4.02. The molecule has 1 aliphatic rings. The van der Waals surface area contributed by atoms with E-state index in [-0.39, 0.29) is 11.9 Å². The summed E-state index contributed by atoms with van der Waals surface area (Å²) in [6, 6.07) is 16.9. The van der Waals surface area contributed by atoms with Crippen LogP contribution in [0.5, 0.6) is 0 Å². The monoisotopic (exact) mass is 530 g/mol. The number of ether oxygens (including phenoxy) is 1. The number of morpholine rings is 1. The summed E-state index contributed by atoms with van der Waals surface area (Å²) in [6.07, 6.45) is 0. The maximum absolute atomic E-state index is 13.1. The van der Waals surface area contributed by atoms with Gasteiger partial charge in [-0.25, -0.2) is 14.8 Å². The van der Waals surface area contributed by atoms with E-state index >= 15 is 0 Å². The highest BCUT2D eigenvalue weighted by atomic mass is 32.1. The molecule has 2 aromatic heterocycles. The molecular formula is C28H30N6O3S. The largest absolute Gasteiger partial charge is 0.397 e. The Morgan fingerprint density at radius 2 is 1.71 bits per heavy atom. The Labute approximate surface area is 225 Å². The van der Waals surface area contributed by atoms with Crippen molar-refractivity contribution in [2.45, 2.75) is 26.3 Å². The Balaban J connectivity index is 1.60. The fraction of sp³-hybridized carbons (Fsp3) is 0.286. The number of benzene rings is 2. The summed E-state index contributed by atoms with van der Waals surface area (Å²) < 4.78 is 5.35. The van der Waals surface area contributed by atoms with Gasteiger partial charge >= 0.3 is 6.03 Å². The van der Waals surface area contributed by atoms with Crippen LogP contribution in [0.2, 0.25) is 0 Å². The highest BCUT2D eigenvalue weighted by molar-refractivity contribution is 7.21. The first-order valence-electron chi connectivity index (χ1n) is 12.4. The number of anilines is 2. The van der Waals surface area contributed by atoms with Crippen molar-refractivity contribution < 1.29 is 14.3 Å². The van der Waals surface area contributed by atoms with E-state index in [1.807, 2.05) is 75.4 Å². The predicted molar refractivity (Wildman–Crippen MR) is 151 cm³/mol. The second-order valence-electron chi connectivity index (χ2n) is 10.1. The number of urea groups is 1. The van der Waals surface area contributed by atoms with Crippen LogP contribution < -0.4 is 16.4 Å². The van der Waals surface area contributed by atoms with Crippen LogP contribution in [0.1, 0.15) is 30.4 Å².